The van der Waals surface area contributed by atoms with Crippen molar-refractivity contribution in [3.63, 3.8) is 0 Å². The van der Waals surface area contributed by atoms with Crippen LogP contribution < -0.4 is 11.1 Å². The van der Waals surface area contributed by atoms with Gasteiger partial charge in [0.05, 0.1) is 19.8 Å². The molecule has 5 nitrogen and oxygen atoms in total. The molecule has 1 amide bonds. The van der Waals surface area contributed by atoms with Gasteiger partial charge in [0.15, 0.2) is 0 Å². The van der Waals surface area contributed by atoms with E-state index in [1.54, 1.807) is 0 Å². The molecule has 0 aliphatic rings. The molecule has 2 atom stereocenters. The maximum absolute atomic E-state index is 12.9. The summed E-state index contributed by atoms with van der Waals surface area (Å²) in [7, 11) is 0. The van der Waals surface area contributed by atoms with Crippen molar-refractivity contribution in [2.75, 3.05) is 32.9 Å². The third-order valence-corrected chi connectivity index (χ3v) is 1.52. The van der Waals surface area contributed by atoms with E-state index in [1.807, 2.05) is 0 Å². The van der Waals surface area contributed by atoms with Crippen LogP contribution in [0.2, 0.25) is 0 Å². The van der Waals surface area contributed by atoms with Crippen molar-refractivity contribution in [2.45, 2.75) is 12.3 Å². The summed E-state index contributed by atoms with van der Waals surface area (Å²) in [4.78, 5) is 10.5. The van der Waals surface area contributed by atoms with Gasteiger partial charge in [-0.15, -0.1) is 0 Å². The largest absolute Gasteiger partial charge is 0.387 e. The van der Waals surface area contributed by atoms with Gasteiger partial charge in [-0.25, -0.2) is 8.78 Å². The number of aliphatic hydroxyl groups excluding tert-OH is 1. The normalized spacial score (nSPS) is 13.8. The number of carbonyl (C=O) groups is 1. The first-order chi connectivity index (χ1) is 7.10. The third-order valence-electron chi connectivity index (χ3n) is 1.52. The van der Waals surface area contributed by atoms with E-state index in [2.05, 4.69) is 10.1 Å². The van der Waals surface area contributed by atoms with Gasteiger partial charge in [-0.3, -0.25) is 4.79 Å². The maximum atomic E-state index is 12.9. The second-order valence-electron chi connectivity index (χ2n) is 2.93. The first kappa shape index (κ1) is 18.3. The Morgan fingerprint density at radius 3 is 2.44 bits per heavy atom. The molecule has 2 unspecified atom stereocenters. The molecule has 4 N–H and O–H groups in total. The SMILES string of the molecule is NCC(F)COCC(F)CNC(=O)CO.[W]. The van der Waals surface area contributed by atoms with Crippen molar-refractivity contribution in [3.05, 3.63) is 0 Å². The van der Waals surface area contributed by atoms with Gasteiger partial charge in [-0.05, 0) is 0 Å². The molecule has 0 saturated heterocycles. The Bertz CT molecular complexity index is 189. The van der Waals surface area contributed by atoms with E-state index in [4.69, 9.17) is 10.8 Å². The minimum Gasteiger partial charge on any atom is -0.387 e. The zero-order valence-corrected chi connectivity index (χ0v) is 11.6. The summed E-state index contributed by atoms with van der Waals surface area (Å²) in [5, 5.41) is 10.4. The Morgan fingerprint density at radius 1 is 1.38 bits per heavy atom. The molecule has 0 fully saturated rings. The van der Waals surface area contributed by atoms with E-state index >= 15 is 0 Å². The Balaban J connectivity index is 0. The van der Waals surface area contributed by atoms with Crippen LogP contribution in [0.15, 0.2) is 0 Å². The molecule has 0 spiro atoms. The van der Waals surface area contributed by atoms with Crippen LogP contribution in [-0.4, -0.2) is 56.3 Å². The number of ether oxygens (including phenoxy) is 1. The van der Waals surface area contributed by atoms with Crippen LogP contribution in [0.4, 0.5) is 8.78 Å². The number of alkyl halides is 2. The summed E-state index contributed by atoms with van der Waals surface area (Å²) in [6.07, 6.45) is -2.73. The van der Waals surface area contributed by atoms with Crippen LogP contribution in [0.1, 0.15) is 0 Å². The number of rotatable bonds is 8. The zero-order valence-electron chi connectivity index (χ0n) is 8.70. The van der Waals surface area contributed by atoms with Crippen molar-refractivity contribution in [2.24, 2.45) is 5.73 Å². The molecule has 0 aromatic heterocycles. The second-order valence-corrected chi connectivity index (χ2v) is 2.93. The van der Waals surface area contributed by atoms with E-state index in [9.17, 15) is 13.6 Å². The van der Waals surface area contributed by atoms with Crippen molar-refractivity contribution in [3.8, 4) is 0 Å². The van der Waals surface area contributed by atoms with Gasteiger partial charge in [0.2, 0.25) is 5.91 Å². The molecule has 0 bridgehead atoms. The minimum absolute atomic E-state index is 0. The van der Waals surface area contributed by atoms with Crippen LogP contribution in [0, 0.1) is 0 Å². The fourth-order valence-electron chi connectivity index (χ4n) is 0.731. The van der Waals surface area contributed by atoms with E-state index in [0.717, 1.165) is 0 Å². The maximum Gasteiger partial charge on any atom is 0.245 e. The van der Waals surface area contributed by atoms with Gasteiger partial charge < -0.3 is 20.9 Å². The number of amides is 1. The topological polar surface area (TPSA) is 84.6 Å². The predicted molar refractivity (Wildman–Crippen MR) is 49.8 cm³/mol. The number of halogens is 2. The van der Waals surface area contributed by atoms with Crippen LogP contribution in [-0.2, 0) is 30.6 Å². The van der Waals surface area contributed by atoms with Crippen LogP contribution in [0.25, 0.3) is 0 Å². The summed E-state index contributed by atoms with van der Waals surface area (Å²) < 4.78 is 30.0. The molecule has 0 aromatic carbocycles. The smallest absolute Gasteiger partial charge is 0.245 e. The molecule has 96 valence electrons. The number of nitrogens with one attached hydrogen (secondary N) is 1. The summed E-state index contributed by atoms with van der Waals surface area (Å²) in [5.41, 5.74) is 4.97. The van der Waals surface area contributed by atoms with E-state index in [0.29, 0.717) is 0 Å². The monoisotopic (exact) mass is 410 g/mol. The molecular formula is C8H16F2N2O3W. The minimum atomic E-state index is -1.43. The molecule has 0 rings (SSSR count). The molecule has 0 aliphatic heterocycles. The van der Waals surface area contributed by atoms with Gasteiger partial charge >= 0.3 is 0 Å². The van der Waals surface area contributed by atoms with Gasteiger partial charge in [-0.2, -0.15) is 0 Å². The van der Waals surface area contributed by atoms with Gasteiger partial charge in [-0.1, -0.05) is 0 Å². The molecule has 16 heavy (non-hydrogen) atoms. The molecule has 8 heteroatoms. The molecule has 0 saturated carbocycles. The van der Waals surface area contributed by atoms with Crippen molar-refractivity contribution >= 4 is 5.91 Å². The first-order valence-corrected chi connectivity index (χ1v) is 4.53. The molecule has 0 radical (unpaired) electrons. The van der Waals surface area contributed by atoms with Crippen molar-refractivity contribution < 1.29 is 44.5 Å². The van der Waals surface area contributed by atoms with Gasteiger partial charge in [0.25, 0.3) is 0 Å². The van der Waals surface area contributed by atoms with E-state index < -0.39 is 24.9 Å². The number of nitrogens with two attached hydrogens (primary N) is 1. The van der Waals surface area contributed by atoms with Crippen LogP contribution in [0.5, 0.6) is 0 Å². The molecular weight excluding hydrogens is 394 g/mol. The zero-order chi connectivity index (χ0) is 11.7. The fraction of sp³-hybridized carbons (Fsp3) is 0.875. The van der Waals surface area contributed by atoms with E-state index in [-0.39, 0.29) is 47.4 Å². The van der Waals surface area contributed by atoms with Crippen molar-refractivity contribution in [1.29, 1.82) is 0 Å². The molecule has 0 aromatic rings. The predicted octanol–water partition coefficient (Wildman–Crippen LogP) is -1.26. The molecule has 0 heterocycles. The van der Waals surface area contributed by atoms with E-state index in [1.165, 1.54) is 0 Å². The fourth-order valence-corrected chi connectivity index (χ4v) is 0.731. The van der Waals surface area contributed by atoms with Crippen LogP contribution in [0.3, 0.4) is 0 Å². The summed E-state index contributed by atoms with van der Waals surface area (Å²) in [6, 6.07) is 0. The van der Waals surface area contributed by atoms with Gasteiger partial charge in [0.1, 0.15) is 19.0 Å². The number of hydrogen-bond donors (Lipinski definition) is 3. The second kappa shape index (κ2) is 11.4. The summed E-state index contributed by atoms with van der Waals surface area (Å²) in [6.45, 7) is -1.69. The Kier molecular flexibility index (Phi) is 13.0. The number of hydrogen-bond acceptors (Lipinski definition) is 4. The number of carbonyl (C=O) groups excluding carboxylic acids is 1. The molecule has 0 aliphatic carbocycles. The third kappa shape index (κ3) is 10.4. The summed E-state index contributed by atoms with van der Waals surface area (Å²) >= 11 is 0. The standard InChI is InChI=1S/C8H16F2N2O3.W/c9-6(1-11)4-15-5-7(10)2-12-8(14)3-13;/h6-7,13H,1-5,11H2,(H,12,14);. The number of aliphatic hydroxyl groups is 1. The Hall–Kier alpha value is -0.102. The van der Waals surface area contributed by atoms with Crippen molar-refractivity contribution in [1.82, 2.24) is 5.32 Å². The summed E-state index contributed by atoms with van der Waals surface area (Å²) in [5.74, 6) is -0.664. The first-order valence-electron chi connectivity index (χ1n) is 4.53. The van der Waals surface area contributed by atoms with Gasteiger partial charge in [0, 0.05) is 27.6 Å². The Morgan fingerprint density at radius 2 is 1.94 bits per heavy atom. The van der Waals surface area contributed by atoms with Crippen LogP contribution >= 0.6 is 0 Å². The average Bonchev–Trinajstić information content (AvgIpc) is 2.25. The average molecular weight is 410 g/mol. The Labute approximate surface area is 107 Å². The quantitative estimate of drug-likeness (QED) is 0.467.